The molecule has 0 radical (unpaired) electrons. The van der Waals surface area contributed by atoms with E-state index in [0.717, 1.165) is 34.4 Å². The molecule has 1 amide bonds. The van der Waals surface area contributed by atoms with Gasteiger partial charge in [-0.15, -0.1) is 0 Å². The number of hydrogen-bond donors (Lipinski definition) is 0. The van der Waals surface area contributed by atoms with Crippen LogP contribution in [-0.4, -0.2) is 17.4 Å². The van der Waals surface area contributed by atoms with Gasteiger partial charge in [0.25, 0.3) is 5.91 Å². The molecule has 0 fully saturated rings. The molecular weight excluding hydrogens is 286 g/mol. The number of nitrogens with zero attached hydrogens (tertiary/aromatic N) is 1. The Labute approximate surface area is 135 Å². The van der Waals surface area contributed by atoms with Crippen molar-refractivity contribution in [2.45, 2.75) is 13.0 Å². The molecule has 3 aromatic rings. The van der Waals surface area contributed by atoms with Crippen LogP contribution < -0.4 is 0 Å². The fraction of sp³-hybridized carbons (Fsp3) is 0.150. The minimum Gasteiger partial charge on any atom is -0.469 e. The average Bonchev–Trinajstić information content (AvgIpc) is 3.10. The minimum absolute atomic E-state index is 0.0801. The van der Waals surface area contributed by atoms with Crippen molar-refractivity contribution in [2.24, 2.45) is 0 Å². The standard InChI is InChI=1S/C20H17NO2/c22-20(21-12-10-19-18(14-21)11-13-23-19)17-8-6-16(7-9-17)15-4-2-1-3-5-15/h1-9,11,13H,10,12,14H2. The number of amides is 1. The average molecular weight is 303 g/mol. The van der Waals surface area contributed by atoms with E-state index in [2.05, 4.69) is 12.1 Å². The van der Waals surface area contributed by atoms with E-state index in [1.807, 2.05) is 53.4 Å². The minimum atomic E-state index is 0.0801. The van der Waals surface area contributed by atoms with Crippen molar-refractivity contribution in [2.75, 3.05) is 6.54 Å². The largest absolute Gasteiger partial charge is 0.469 e. The highest BCUT2D eigenvalue weighted by Gasteiger charge is 2.23. The second-order valence-corrected chi connectivity index (χ2v) is 5.79. The smallest absolute Gasteiger partial charge is 0.254 e. The first kappa shape index (κ1) is 13.8. The summed E-state index contributed by atoms with van der Waals surface area (Å²) >= 11 is 0. The van der Waals surface area contributed by atoms with Crippen LogP contribution >= 0.6 is 0 Å². The number of hydrogen-bond acceptors (Lipinski definition) is 2. The number of carbonyl (C=O) groups excluding carboxylic acids is 1. The van der Waals surface area contributed by atoms with Crippen LogP contribution in [0, 0.1) is 0 Å². The van der Waals surface area contributed by atoms with Crippen LogP contribution in [0.3, 0.4) is 0 Å². The molecule has 2 heterocycles. The van der Waals surface area contributed by atoms with Gasteiger partial charge < -0.3 is 9.32 Å². The molecule has 0 N–H and O–H groups in total. The molecule has 4 rings (SSSR count). The lowest BCUT2D eigenvalue weighted by Gasteiger charge is -2.26. The first-order valence-electron chi connectivity index (χ1n) is 7.81. The Morgan fingerprint density at radius 1 is 0.913 bits per heavy atom. The highest BCUT2D eigenvalue weighted by atomic mass is 16.3. The van der Waals surface area contributed by atoms with E-state index < -0.39 is 0 Å². The normalized spacial score (nSPS) is 13.7. The predicted octanol–water partition coefficient (Wildman–Crippen LogP) is 4.15. The summed E-state index contributed by atoms with van der Waals surface area (Å²) in [6.07, 6.45) is 2.49. The molecule has 0 bridgehead atoms. The monoisotopic (exact) mass is 303 g/mol. The van der Waals surface area contributed by atoms with Gasteiger partial charge in [0.15, 0.2) is 0 Å². The second kappa shape index (κ2) is 5.76. The van der Waals surface area contributed by atoms with Crippen molar-refractivity contribution in [3.63, 3.8) is 0 Å². The second-order valence-electron chi connectivity index (χ2n) is 5.79. The molecule has 2 aromatic carbocycles. The first-order chi connectivity index (χ1) is 11.3. The zero-order valence-corrected chi connectivity index (χ0v) is 12.7. The Hall–Kier alpha value is -2.81. The van der Waals surface area contributed by atoms with Gasteiger partial charge in [0.05, 0.1) is 6.26 Å². The Bertz CT molecular complexity index is 818. The highest BCUT2D eigenvalue weighted by molar-refractivity contribution is 5.94. The molecule has 1 aliphatic heterocycles. The molecule has 0 saturated heterocycles. The van der Waals surface area contributed by atoms with Crippen molar-refractivity contribution >= 4 is 5.91 Å². The van der Waals surface area contributed by atoms with Crippen molar-refractivity contribution in [1.29, 1.82) is 0 Å². The molecule has 3 nitrogen and oxygen atoms in total. The SMILES string of the molecule is O=C(c1ccc(-c2ccccc2)cc1)N1CCc2occc2C1. The van der Waals surface area contributed by atoms with E-state index in [1.165, 1.54) is 0 Å². The molecule has 23 heavy (non-hydrogen) atoms. The lowest BCUT2D eigenvalue weighted by atomic mass is 10.0. The van der Waals surface area contributed by atoms with Crippen molar-refractivity contribution < 1.29 is 9.21 Å². The molecule has 1 aromatic heterocycles. The van der Waals surface area contributed by atoms with E-state index in [4.69, 9.17) is 4.42 Å². The lowest BCUT2D eigenvalue weighted by molar-refractivity contribution is 0.0730. The van der Waals surface area contributed by atoms with E-state index in [-0.39, 0.29) is 5.91 Å². The third-order valence-corrected chi connectivity index (χ3v) is 4.33. The molecule has 0 aliphatic carbocycles. The van der Waals surface area contributed by atoms with Crippen LogP contribution in [0.2, 0.25) is 0 Å². The van der Waals surface area contributed by atoms with Crippen LogP contribution in [0.1, 0.15) is 21.7 Å². The molecular formula is C20H17NO2. The van der Waals surface area contributed by atoms with E-state index in [1.54, 1.807) is 6.26 Å². The van der Waals surface area contributed by atoms with Crippen LogP contribution in [-0.2, 0) is 13.0 Å². The fourth-order valence-corrected chi connectivity index (χ4v) is 3.04. The third-order valence-electron chi connectivity index (χ3n) is 4.33. The maximum Gasteiger partial charge on any atom is 0.254 e. The molecule has 0 unspecified atom stereocenters. The summed E-state index contributed by atoms with van der Waals surface area (Å²) in [6.45, 7) is 1.34. The summed E-state index contributed by atoms with van der Waals surface area (Å²) in [5, 5.41) is 0. The fourth-order valence-electron chi connectivity index (χ4n) is 3.04. The Morgan fingerprint density at radius 3 is 2.43 bits per heavy atom. The molecule has 114 valence electrons. The van der Waals surface area contributed by atoms with Gasteiger partial charge in [-0.1, -0.05) is 42.5 Å². The van der Waals surface area contributed by atoms with Crippen molar-refractivity contribution in [3.05, 3.63) is 83.8 Å². The summed E-state index contributed by atoms with van der Waals surface area (Å²) in [6, 6.07) is 20.0. The van der Waals surface area contributed by atoms with Gasteiger partial charge >= 0.3 is 0 Å². The van der Waals surface area contributed by atoms with Crippen LogP contribution in [0.15, 0.2) is 71.3 Å². The quantitative estimate of drug-likeness (QED) is 0.712. The highest BCUT2D eigenvalue weighted by Crippen LogP contribution is 2.23. The topological polar surface area (TPSA) is 33.5 Å². The molecule has 0 atom stereocenters. The summed E-state index contributed by atoms with van der Waals surface area (Å²) in [5.41, 5.74) is 4.13. The van der Waals surface area contributed by atoms with Gasteiger partial charge in [-0.25, -0.2) is 0 Å². The van der Waals surface area contributed by atoms with Gasteiger partial charge in [-0.3, -0.25) is 4.79 Å². The number of furan rings is 1. The molecule has 1 aliphatic rings. The third kappa shape index (κ3) is 2.66. The van der Waals surface area contributed by atoms with Gasteiger partial charge in [0.1, 0.15) is 5.76 Å². The van der Waals surface area contributed by atoms with Gasteiger partial charge in [-0.2, -0.15) is 0 Å². The van der Waals surface area contributed by atoms with Crippen LogP contribution in [0.4, 0.5) is 0 Å². The maximum atomic E-state index is 12.7. The van der Waals surface area contributed by atoms with Gasteiger partial charge in [-0.05, 0) is 29.3 Å². The summed E-state index contributed by atoms with van der Waals surface area (Å²) in [4.78, 5) is 14.6. The molecule has 3 heteroatoms. The van der Waals surface area contributed by atoms with Gasteiger partial charge in [0.2, 0.25) is 0 Å². The van der Waals surface area contributed by atoms with E-state index in [9.17, 15) is 4.79 Å². The number of rotatable bonds is 2. The Kier molecular flexibility index (Phi) is 3.46. The van der Waals surface area contributed by atoms with Crippen LogP contribution in [0.25, 0.3) is 11.1 Å². The van der Waals surface area contributed by atoms with E-state index in [0.29, 0.717) is 13.1 Å². The van der Waals surface area contributed by atoms with Gasteiger partial charge in [0, 0.05) is 30.6 Å². The zero-order chi connectivity index (χ0) is 15.6. The lowest BCUT2D eigenvalue weighted by Crippen LogP contribution is -2.35. The summed E-state index contributed by atoms with van der Waals surface area (Å²) < 4.78 is 5.42. The summed E-state index contributed by atoms with van der Waals surface area (Å²) in [7, 11) is 0. The molecule has 0 saturated carbocycles. The molecule has 0 spiro atoms. The first-order valence-corrected chi connectivity index (χ1v) is 7.81. The number of fused-ring (bicyclic) bond motifs is 1. The number of benzene rings is 2. The van der Waals surface area contributed by atoms with E-state index >= 15 is 0 Å². The predicted molar refractivity (Wildman–Crippen MR) is 89.0 cm³/mol. The summed E-state index contributed by atoms with van der Waals surface area (Å²) in [5.74, 6) is 1.09. The Morgan fingerprint density at radius 2 is 1.65 bits per heavy atom. The Balaban J connectivity index is 1.53. The maximum absolute atomic E-state index is 12.7. The van der Waals surface area contributed by atoms with Crippen LogP contribution in [0.5, 0.6) is 0 Å². The van der Waals surface area contributed by atoms with Crippen molar-refractivity contribution in [3.8, 4) is 11.1 Å². The van der Waals surface area contributed by atoms with Crippen molar-refractivity contribution in [1.82, 2.24) is 4.90 Å². The number of carbonyl (C=O) groups is 1. The zero-order valence-electron chi connectivity index (χ0n) is 12.7.